The number of hydrogen-bond acceptors (Lipinski definition) is 5. The molecular formula is C13H18N4O4S. The Labute approximate surface area is 128 Å². The summed E-state index contributed by atoms with van der Waals surface area (Å²) in [5.74, 6) is -0.504. The number of sulfone groups is 1. The predicted molar refractivity (Wildman–Crippen MR) is 77.9 cm³/mol. The molecule has 2 atom stereocenters. The Morgan fingerprint density at radius 2 is 1.91 bits per heavy atom. The second-order valence-electron chi connectivity index (χ2n) is 5.62. The average Bonchev–Trinajstić information content (AvgIpc) is 3.10. The van der Waals surface area contributed by atoms with Crippen molar-refractivity contribution in [2.45, 2.75) is 25.4 Å². The Morgan fingerprint density at radius 3 is 2.50 bits per heavy atom. The van der Waals surface area contributed by atoms with Crippen LogP contribution in [0.2, 0.25) is 0 Å². The number of H-pyrrole nitrogens is 1. The fourth-order valence-corrected chi connectivity index (χ4v) is 5.23. The number of amides is 2. The van der Waals surface area contributed by atoms with Crippen molar-refractivity contribution < 1.29 is 18.0 Å². The summed E-state index contributed by atoms with van der Waals surface area (Å²) in [5.41, 5.74) is 0.332. The molecule has 2 fully saturated rings. The van der Waals surface area contributed by atoms with Gasteiger partial charge in [-0.15, -0.1) is 0 Å². The molecule has 0 aromatic carbocycles. The average molecular weight is 326 g/mol. The van der Waals surface area contributed by atoms with Gasteiger partial charge < -0.3 is 9.80 Å². The van der Waals surface area contributed by atoms with Crippen LogP contribution in [0.5, 0.6) is 0 Å². The Hall–Kier alpha value is -1.90. The number of hydrogen-bond donors (Lipinski definition) is 1. The molecule has 0 radical (unpaired) electrons. The van der Waals surface area contributed by atoms with Crippen molar-refractivity contribution in [3.8, 4) is 0 Å². The number of aromatic amines is 1. The van der Waals surface area contributed by atoms with Crippen LogP contribution in [0.4, 0.5) is 0 Å². The summed E-state index contributed by atoms with van der Waals surface area (Å²) in [6.45, 7) is 2.45. The zero-order valence-corrected chi connectivity index (χ0v) is 13.0. The first kappa shape index (κ1) is 15.0. The number of nitrogens with zero attached hydrogens (tertiary/aromatic N) is 3. The van der Waals surface area contributed by atoms with E-state index in [2.05, 4.69) is 10.2 Å². The molecule has 1 aromatic heterocycles. The number of carbonyl (C=O) groups is 2. The zero-order chi connectivity index (χ0) is 15.9. The monoisotopic (exact) mass is 326 g/mol. The van der Waals surface area contributed by atoms with Crippen molar-refractivity contribution in [1.82, 2.24) is 20.0 Å². The third-order valence-corrected chi connectivity index (χ3v) is 5.99. The van der Waals surface area contributed by atoms with Gasteiger partial charge in [-0.1, -0.05) is 6.92 Å². The van der Waals surface area contributed by atoms with E-state index in [1.165, 1.54) is 6.20 Å². The third kappa shape index (κ3) is 2.49. The van der Waals surface area contributed by atoms with Crippen LogP contribution in [0.15, 0.2) is 12.3 Å². The lowest BCUT2D eigenvalue weighted by Crippen LogP contribution is -2.61. The molecule has 2 saturated heterocycles. The molecule has 22 heavy (non-hydrogen) atoms. The molecule has 9 heteroatoms. The number of fused-ring (bicyclic) bond motifs is 1. The van der Waals surface area contributed by atoms with E-state index >= 15 is 0 Å². The predicted octanol–water partition coefficient (Wildman–Crippen LogP) is -0.730. The van der Waals surface area contributed by atoms with Gasteiger partial charge in [-0.05, 0) is 6.07 Å². The highest BCUT2D eigenvalue weighted by atomic mass is 32.2. The largest absolute Gasteiger partial charge is 0.335 e. The van der Waals surface area contributed by atoms with Crippen LogP contribution in [0.3, 0.4) is 0 Å². The van der Waals surface area contributed by atoms with Crippen LogP contribution in [0, 0.1) is 0 Å². The van der Waals surface area contributed by atoms with Crippen molar-refractivity contribution in [1.29, 1.82) is 0 Å². The van der Waals surface area contributed by atoms with E-state index in [0.29, 0.717) is 25.2 Å². The van der Waals surface area contributed by atoms with Gasteiger partial charge in [0.25, 0.3) is 5.91 Å². The van der Waals surface area contributed by atoms with Crippen molar-refractivity contribution in [2.75, 3.05) is 24.6 Å². The minimum Gasteiger partial charge on any atom is -0.335 e. The highest BCUT2D eigenvalue weighted by Gasteiger charge is 2.49. The third-order valence-electron chi connectivity index (χ3n) is 4.29. The minimum atomic E-state index is -3.25. The molecule has 2 aliphatic heterocycles. The van der Waals surface area contributed by atoms with Crippen LogP contribution in [0.1, 0.15) is 23.8 Å². The maximum absolute atomic E-state index is 12.5. The molecule has 1 N–H and O–H groups in total. The van der Waals surface area contributed by atoms with Crippen LogP contribution in [-0.4, -0.2) is 76.9 Å². The number of aromatic nitrogens is 2. The molecule has 0 bridgehead atoms. The van der Waals surface area contributed by atoms with E-state index in [1.807, 2.05) is 0 Å². The van der Waals surface area contributed by atoms with Gasteiger partial charge in [0.05, 0.1) is 23.6 Å². The Morgan fingerprint density at radius 1 is 1.27 bits per heavy atom. The maximum atomic E-state index is 12.5. The molecule has 2 aliphatic rings. The summed E-state index contributed by atoms with van der Waals surface area (Å²) < 4.78 is 24.0. The number of rotatable bonds is 2. The fraction of sp³-hybridized carbons (Fsp3) is 0.615. The van der Waals surface area contributed by atoms with Crippen LogP contribution < -0.4 is 0 Å². The quantitative estimate of drug-likeness (QED) is 0.772. The number of piperazine rings is 1. The zero-order valence-electron chi connectivity index (χ0n) is 12.2. The van der Waals surface area contributed by atoms with Gasteiger partial charge in [-0.3, -0.25) is 14.7 Å². The van der Waals surface area contributed by atoms with E-state index in [9.17, 15) is 18.0 Å². The highest BCUT2D eigenvalue weighted by molar-refractivity contribution is 7.91. The lowest BCUT2D eigenvalue weighted by atomic mass is 10.0. The summed E-state index contributed by atoms with van der Waals surface area (Å²) in [4.78, 5) is 27.7. The summed E-state index contributed by atoms with van der Waals surface area (Å²) in [6.07, 6.45) is 1.81. The maximum Gasteiger partial charge on any atom is 0.272 e. The molecule has 0 spiro atoms. The van der Waals surface area contributed by atoms with Gasteiger partial charge >= 0.3 is 0 Å². The van der Waals surface area contributed by atoms with Crippen LogP contribution in [0.25, 0.3) is 0 Å². The number of carbonyl (C=O) groups excluding carboxylic acids is 2. The second-order valence-corrected chi connectivity index (χ2v) is 7.77. The SMILES string of the molecule is CCC(=O)N1CCN(C(=O)c2ccn[nH]2)[C@H]2CS(=O)(=O)C[C@H]21. The van der Waals surface area contributed by atoms with Gasteiger partial charge in [0.15, 0.2) is 9.84 Å². The Balaban J connectivity index is 1.90. The van der Waals surface area contributed by atoms with Gasteiger partial charge in [-0.25, -0.2) is 8.42 Å². The molecule has 8 nitrogen and oxygen atoms in total. The molecule has 120 valence electrons. The smallest absolute Gasteiger partial charge is 0.272 e. The Kier molecular flexibility index (Phi) is 3.67. The second kappa shape index (κ2) is 5.38. The molecule has 0 unspecified atom stereocenters. The summed E-state index contributed by atoms with van der Waals surface area (Å²) >= 11 is 0. The van der Waals surface area contributed by atoms with E-state index in [1.54, 1.807) is 22.8 Å². The summed E-state index contributed by atoms with van der Waals surface area (Å²) in [6, 6.07) is 0.632. The van der Waals surface area contributed by atoms with Crippen molar-refractivity contribution >= 4 is 21.7 Å². The van der Waals surface area contributed by atoms with Gasteiger partial charge in [-0.2, -0.15) is 5.10 Å². The van der Waals surface area contributed by atoms with E-state index < -0.39 is 21.9 Å². The summed E-state index contributed by atoms with van der Waals surface area (Å²) in [5, 5.41) is 6.36. The molecule has 0 saturated carbocycles. The van der Waals surface area contributed by atoms with E-state index in [-0.39, 0.29) is 23.3 Å². The van der Waals surface area contributed by atoms with Gasteiger partial charge in [0, 0.05) is 25.7 Å². The molecule has 3 rings (SSSR count). The van der Waals surface area contributed by atoms with Crippen LogP contribution in [-0.2, 0) is 14.6 Å². The standard InChI is InChI=1S/C13H18N4O4S/c1-2-12(18)16-5-6-17(13(19)9-3-4-14-15-9)11-8-22(20,21)7-10(11)16/h3-4,10-11H,2,5-8H2,1H3,(H,14,15)/t10-,11+/m1/s1. The van der Waals surface area contributed by atoms with Crippen molar-refractivity contribution in [3.63, 3.8) is 0 Å². The minimum absolute atomic E-state index is 0.0688. The first-order valence-corrected chi connectivity index (χ1v) is 9.05. The van der Waals surface area contributed by atoms with Crippen molar-refractivity contribution in [3.05, 3.63) is 18.0 Å². The first-order chi connectivity index (χ1) is 10.4. The van der Waals surface area contributed by atoms with E-state index in [4.69, 9.17) is 0 Å². The normalized spacial score (nSPS) is 26.8. The van der Waals surface area contributed by atoms with Crippen LogP contribution >= 0.6 is 0 Å². The molecule has 1 aromatic rings. The molecular weight excluding hydrogens is 308 g/mol. The van der Waals surface area contributed by atoms with Crippen molar-refractivity contribution in [2.24, 2.45) is 0 Å². The molecule has 3 heterocycles. The fourth-order valence-electron chi connectivity index (χ4n) is 3.25. The Bertz CT molecular complexity index is 685. The first-order valence-electron chi connectivity index (χ1n) is 7.23. The molecule has 2 amide bonds. The van der Waals surface area contributed by atoms with Gasteiger partial charge in [0.2, 0.25) is 5.91 Å². The lowest BCUT2D eigenvalue weighted by Gasteiger charge is -2.43. The molecule has 0 aliphatic carbocycles. The highest BCUT2D eigenvalue weighted by Crippen LogP contribution is 2.28. The lowest BCUT2D eigenvalue weighted by molar-refractivity contribution is -0.135. The topological polar surface area (TPSA) is 103 Å². The number of nitrogens with one attached hydrogen (secondary N) is 1. The van der Waals surface area contributed by atoms with E-state index in [0.717, 1.165) is 0 Å². The van der Waals surface area contributed by atoms with Gasteiger partial charge in [0.1, 0.15) is 5.69 Å². The summed E-state index contributed by atoms with van der Waals surface area (Å²) in [7, 11) is -3.25.